The first-order chi connectivity index (χ1) is 11.1. The van der Waals surface area contributed by atoms with E-state index in [1.54, 1.807) is 6.07 Å². The zero-order chi connectivity index (χ0) is 16.4. The summed E-state index contributed by atoms with van der Waals surface area (Å²) in [6, 6.07) is 5.35. The normalized spacial score (nSPS) is 23.1. The number of rotatable bonds is 4. The van der Waals surface area contributed by atoms with Gasteiger partial charge in [0.25, 0.3) is 0 Å². The number of fused-ring (bicyclic) bond motifs is 1. The number of carbonyl (C=O) groups is 3. The highest BCUT2D eigenvalue weighted by molar-refractivity contribution is 6.05. The van der Waals surface area contributed by atoms with Crippen LogP contribution in [0, 0.1) is 18.8 Å². The third-order valence-corrected chi connectivity index (χ3v) is 4.32. The number of hydrogen-bond donors (Lipinski definition) is 1. The molecule has 23 heavy (non-hydrogen) atoms. The largest absolute Gasteiger partial charge is 0.311 e. The lowest BCUT2D eigenvalue weighted by Gasteiger charge is -2.14. The number of aromatic nitrogens is 1. The number of nitrogens with zero attached hydrogens (tertiary/aromatic N) is 2. The van der Waals surface area contributed by atoms with Gasteiger partial charge in [0, 0.05) is 18.7 Å². The molecule has 0 radical (unpaired) electrons. The van der Waals surface area contributed by atoms with Crippen LogP contribution in [0.5, 0.6) is 0 Å². The standard InChI is InChI=1S/C17H19N3O3/c1-11-5-4-8-14(18-11)19-15(21)9-10-20-16(22)12-6-2-3-7-13(12)17(20)23/h2-5,8,12-13H,6-7,9-10H2,1H3,(H,18,19,21). The van der Waals surface area contributed by atoms with Crippen molar-refractivity contribution in [2.75, 3.05) is 11.9 Å². The van der Waals surface area contributed by atoms with Gasteiger partial charge in [0.1, 0.15) is 5.82 Å². The third kappa shape index (κ3) is 3.16. The predicted octanol–water partition coefficient (Wildman–Crippen LogP) is 1.67. The number of aryl methyl sites for hydroxylation is 1. The summed E-state index contributed by atoms with van der Waals surface area (Å²) in [5.41, 5.74) is 0.810. The zero-order valence-corrected chi connectivity index (χ0v) is 13.0. The smallest absolute Gasteiger partial charge is 0.233 e. The number of carbonyl (C=O) groups excluding carboxylic acids is 3. The summed E-state index contributed by atoms with van der Waals surface area (Å²) in [5.74, 6) is -0.552. The number of imide groups is 1. The van der Waals surface area contributed by atoms with Crippen molar-refractivity contribution in [3.63, 3.8) is 0 Å². The molecule has 1 N–H and O–H groups in total. The maximum absolute atomic E-state index is 12.3. The molecule has 0 saturated carbocycles. The second kappa shape index (κ2) is 6.32. The van der Waals surface area contributed by atoms with Crippen LogP contribution in [-0.2, 0) is 14.4 Å². The number of hydrogen-bond acceptors (Lipinski definition) is 4. The first kappa shape index (κ1) is 15.4. The number of allylic oxidation sites excluding steroid dienone is 2. The Labute approximate surface area is 134 Å². The van der Waals surface area contributed by atoms with Crippen molar-refractivity contribution in [3.05, 3.63) is 36.0 Å². The van der Waals surface area contributed by atoms with E-state index in [0.29, 0.717) is 18.7 Å². The van der Waals surface area contributed by atoms with Crippen LogP contribution < -0.4 is 5.32 Å². The fourth-order valence-electron chi connectivity index (χ4n) is 3.12. The molecule has 3 amide bonds. The van der Waals surface area contributed by atoms with Crippen LogP contribution in [0.15, 0.2) is 30.4 Å². The Morgan fingerprint density at radius 1 is 1.22 bits per heavy atom. The van der Waals surface area contributed by atoms with Gasteiger partial charge in [-0.3, -0.25) is 19.3 Å². The monoisotopic (exact) mass is 313 g/mol. The second-order valence-electron chi connectivity index (χ2n) is 5.95. The van der Waals surface area contributed by atoms with Gasteiger partial charge in [0.2, 0.25) is 17.7 Å². The van der Waals surface area contributed by atoms with Crippen molar-refractivity contribution < 1.29 is 14.4 Å². The van der Waals surface area contributed by atoms with Gasteiger partial charge in [-0.2, -0.15) is 0 Å². The minimum atomic E-state index is -0.253. The molecule has 120 valence electrons. The van der Waals surface area contributed by atoms with E-state index in [9.17, 15) is 14.4 Å². The average Bonchev–Trinajstić information content (AvgIpc) is 2.77. The Bertz CT molecular complexity index is 657. The van der Waals surface area contributed by atoms with E-state index < -0.39 is 0 Å². The first-order valence-electron chi connectivity index (χ1n) is 7.80. The van der Waals surface area contributed by atoms with Crippen LogP contribution in [0.25, 0.3) is 0 Å². The molecule has 2 unspecified atom stereocenters. The Morgan fingerprint density at radius 3 is 2.48 bits per heavy atom. The SMILES string of the molecule is Cc1cccc(NC(=O)CCN2C(=O)C3CC=CCC3C2=O)n1. The molecular formula is C17H19N3O3. The van der Waals surface area contributed by atoms with Gasteiger partial charge in [-0.05, 0) is 31.9 Å². The van der Waals surface area contributed by atoms with E-state index in [1.807, 2.05) is 31.2 Å². The van der Waals surface area contributed by atoms with Crippen LogP contribution >= 0.6 is 0 Å². The molecular weight excluding hydrogens is 294 g/mol. The molecule has 1 aromatic heterocycles. The zero-order valence-electron chi connectivity index (χ0n) is 13.0. The molecule has 2 atom stereocenters. The van der Waals surface area contributed by atoms with Crippen molar-refractivity contribution in [2.45, 2.75) is 26.2 Å². The number of likely N-dealkylation sites (tertiary alicyclic amines) is 1. The molecule has 6 heteroatoms. The molecule has 6 nitrogen and oxygen atoms in total. The van der Waals surface area contributed by atoms with E-state index in [-0.39, 0.29) is 42.5 Å². The molecule has 0 bridgehead atoms. The number of nitrogens with one attached hydrogen (secondary N) is 1. The Balaban J connectivity index is 1.57. The van der Waals surface area contributed by atoms with Crippen LogP contribution in [0.1, 0.15) is 25.0 Å². The summed E-state index contributed by atoms with van der Waals surface area (Å²) in [6.07, 6.45) is 5.22. The van der Waals surface area contributed by atoms with Gasteiger partial charge >= 0.3 is 0 Å². The maximum atomic E-state index is 12.3. The van der Waals surface area contributed by atoms with Crippen LogP contribution in [-0.4, -0.2) is 34.2 Å². The lowest BCUT2D eigenvalue weighted by atomic mass is 9.85. The summed E-state index contributed by atoms with van der Waals surface area (Å²) >= 11 is 0. The summed E-state index contributed by atoms with van der Waals surface area (Å²) in [7, 11) is 0. The van der Waals surface area contributed by atoms with E-state index in [2.05, 4.69) is 10.3 Å². The fourth-order valence-corrected chi connectivity index (χ4v) is 3.12. The van der Waals surface area contributed by atoms with Crippen molar-refractivity contribution in [1.82, 2.24) is 9.88 Å². The number of pyridine rings is 1. The van der Waals surface area contributed by atoms with Crippen molar-refractivity contribution in [1.29, 1.82) is 0 Å². The van der Waals surface area contributed by atoms with E-state index >= 15 is 0 Å². The third-order valence-electron chi connectivity index (χ3n) is 4.32. The Kier molecular flexibility index (Phi) is 4.23. The average molecular weight is 313 g/mol. The van der Waals surface area contributed by atoms with E-state index in [4.69, 9.17) is 0 Å². The summed E-state index contributed by atoms with van der Waals surface area (Å²) in [6.45, 7) is 1.97. The van der Waals surface area contributed by atoms with Crippen LogP contribution in [0.3, 0.4) is 0 Å². The molecule has 1 fully saturated rings. The molecule has 0 aromatic carbocycles. The molecule has 2 aliphatic rings. The van der Waals surface area contributed by atoms with Gasteiger partial charge in [0.05, 0.1) is 11.8 Å². The number of anilines is 1. The molecule has 2 heterocycles. The highest BCUT2D eigenvalue weighted by Crippen LogP contribution is 2.34. The Hall–Kier alpha value is -2.50. The fraction of sp³-hybridized carbons (Fsp3) is 0.412. The molecule has 1 aliphatic carbocycles. The van der Waals surface area contributed by atoms with Gasteiger partial charge in [-0.15, -0.1) is 0 Å². The molecule has 1 aliphatic heterocycles. The van der Waals surface area contributed by atoms with Crippen molar-refractivity contribution >= 4 is 23.5 Å². The highest BCUT2D eigenvalue weighted by atomic mass is 16.2. The van der Waals surface area contributed by atoms with Crippen molar-refractivity contribution in [3.8, 4) is 0 Å². The van der Waals surface area contributed by atoms with Crippen LogP contribution in [0.4, 0.5) is 5.82 Å². The van der Waals surface area contributed by atoms with Gasteiger partial charge < -0.3 is 5.32 Å². The molecule has 0 spiro atoms. The molecule has 1 aromatic rings. The topological polar surface area (TPSA) is 79.4 Å². The maximum Gasteiger partial charge on any atom is 0.233 e. The quantitative estimate of drug-likeness (QED) is 0.677. The van der Waals surface area contributed by atoms with Gasteiger partial charge in [0.15, 0.2) is 0 Å². The molecule has 3 rings (SSSR count). The molecule has 1 saturated heterocycles. The minimum Gasteiger partial charge on any atom is -0.311 e. The summed E-state index contributed by atoms with van der Waals surface area (Å²) in [4.78, 5) is 42.0. The number of amides is 3. The summed E-state index contributed by atoms with van der Waals surface area (Å²) < 4.78 is 0. The lowest BCUT2D eigenvalue weighted by molar-refractivity contribution is -0.140. The summed E-state index contributed by atoms with van der Waals surface area (Å²) in [5, 5.41) is 2.69. The highest BCUT2D eigenvalue weighted by Gasteiger charge is 2.46. The van der Waals surface area contributed by atoms with Gasteiger partial charge in [-0.25, -0.2) is 4.98 Å². The second-order valence-corrected chi connectivity index (χ2v) is 5.95. The van der Waals surface area contributed by atoms with Gasteiger partial charge in [-0.1, -0.05) is 18.2 Å². The first-order valence-corrected chi connectivity index (χ1v) is 7.80. The van der Waals surface area contributed by atoms with Crippen molar-refractivity contribution in [2.24, 2.45) is 11.8 Å². The predicted molar refractivity (Wildman–Crippen MR) is 84.3 cm³/mol. The Morgan fingerprint density at radius 2 is 1.87 bits per heavy atom. The minimum absolute atomic E-state index is 0.0833. The van der Waals surface area contributed by atoms with E-state index in [0.717, 1.165) is 5.69 Å². The lowest BCUT2D eigenvalue weighted by Crippen LogP contribution is -2.34. The van der Waals surface area contributed by atoms with Crippen LogP contribution in [0.2, 0.25) is 0 Å². The van der Waals surface area contributed by atoms with E-state index in [1.165, 1.54) is 4.90 Å².